The first-order valence-electron chi connectivity index (χ1n) is 8.18. The zero-order valence-corrected chi connectivity index (χ0v) is 15.2. The van der Waals surface area contributed by atoms with Gasteiger partial charge in [-0.05, 0) is 6.92 Å². The summed E-state index contributed by atoms with van der Waals surface area (Å²) in [5.41, 5.74) is 0.572. The second kappa shape index (κ2) is 5.15. The van der Waals surface area contributed by atoms with Gasteiger partial charge in [0, 0.05) is 18.4 Å². The van der Waals surface area contributed by atoms with Gasteiger partial charge in [0.25, 0.3) is 5.82 Å². The number of aliphatic hydroxyl groups is 1. The minimum atomic E-state index is -1.35. The molecular formula is C17H19N3O4S. The number of carboxylic acids is 1. The van der Waals surface area contributed by atoms with Crippen LogP contribution < -0.4 is 9.51 Å². The number of imidazole rings is 1. The molecule has 0 spiro atoms. The fourth-order valence-corrected chi connectivity index (χ4v) is 5.42. The number of fused-ring (bicyclic) bond motifs is 2. The van der Waals surface area contributed by atoms with Crippen molar-refractivity contribution < 1.29 is 24.2 Å². The van der Waals surface area contributed by atoms with Gasteiger partial charge in [0.05, 0.1) is 41.7 Å². The van der Waals surface area contributed by atoms with Crippen molar-refractivity contribution >= 4 is 33.6 Å². The first-order chi connectivity index (χ1) is 11.7. The number of aromatic nitrogens is 2. The summed E-state index contributed by atoms with van der Waals surface area (Å²) in [5, 5.41) is 21.7. The largest absolute Gasteiger partial charge is 0.543 e. The van der Waals surface area contributed by atoms with Gasteiger partial charge in [0.1, 0.15) is 12.4 Å². The SMILES string of the molecule is Cc1n(C)cc2sc(C3=C(C(=O)[O-])N4C(=O)[C@H]([C@@H](C)O)[C@H]4[C@H]3C)c[n+]12. The van der Waals surface area contributed by atoms with Crippen molar-refractivity contribution in [2.45, 2.75) is 32.9 Å². The monoisotopic (exact) mass is 361 g/mol. The highest BCUT2D eigenvalue weighted by atomic mass is 32.1. The van der Waals surface area contributed by atoms with Crippen LogP contribution in [0.4, 0.5) is 0 Å². The second-order valence-electron chi connectivity index (χ2n) is 6.89. The average molecular weight is 361 g/mol. The Kier molecular flexibility index (Phi) is 3.36. The summed E-state index contributed by atoms with van der Waals surface area (Å²) in [6, 6.07) is -0.325. The standard InChI is InChI=1S/C17H19N3O4S/c1-7-12(10-5-19-9(3)18(4)6-11(19)25-10)15(17(23)24)20-14(7)13(8(2)21)16(20)22/h5-8,13-14,21H,1-4H3/t7-,8+,13+,14+/m0/s1. The lowest BCUT2D eigenvalue weighted by molar-refractivity contribution is -0.516. The Morgan fingerprint density at radius 3 is 2.72 bits per heavy atom. The molecule has 2 aromatic heterocycles. The number of aryl methyl sites for hydroxylation is 2. The van der Waals surface area contributed by atoms with E-state index >= 15 is 0 Å². The molecule has 0 saturated carbocycles. The van der Waals surface area contributed by atoms with E-state index in [2.05, 4.69) is 0 Å². The number of aliphatic hydroxyl groups excluding tert-OH is 1. The molecule has 7 nitrogen and oxygen atoms in total. The summed E-state index contributed by atoms with van der Waals surface area (Å²) < 4.78 is 4.01. The van der Waals surface area contributed by atoms with Gasteiger partial charge in [-0.15, -0.1) is 0 Å². The topological polar surface area (TPSA) is 89.7 Å². The molecule has 1 saturated heterocycles. The molecule has 1 amide bonds. The number of thiazole rings is 1. The first kappa shape index (κ1) is 16.3. The third kappa shape index (κ3) is 1.98. The van der Waals surface area contributed by atoms with Crippen molar-refractivity contribution in [3.63, 3.8) is 0 Å². The molecule has 2 aliphatic rings. The van der Waals surface area contributed by atoms with E-state index in [4.69, 9.17) is 0 Å². The second-order valence-corrected chi connectivity index (χ2v) is 7.96. The van der Waals surface area contributed by atoms with Crippen LogP contribution >= 0.6 is 11.3 Å². The Hall–Kier alpha value is -2.19. The highest BCUT2D eigenvalue weighted by Gasteiger charge is 2.59. The lowest BCUT2D eigenvalue weighted by atomic mass is 9.77. The summed E-state index contributed by atoms with van der Waals surface area (Å²) >= 11 is 1.49. The van der Waals surface area contributed by atoms with Crippen LogP contribution in [0.2, 0.25) is 0 Å². The van der Waals surface area contributed by atoms with Gasteiger partial charge < -0.3 is 19.9 Å². The number of aliphatic carboxylic acids is 1. The number of rotatable bonds is 3. The van der Waals surface area contributed by atoms with Gasteiger partial charge in [-0.1, -0.05) is 18.3 Å². The van der Waals surface area contributed by atoms with Crippen LogP contribution in [-0.4, -0.2) is 38.6 Å². The number of nitrogens with zero attached hydrogens (tertiary/aromatic N) is 3. The quantitative estimate of drug-likeness (QED) is 0.587. The van der Waals surface area contributed by atoms with Gasteiger partial charge in [-0.25, -0.2) is 4.57 Å². The van der Waals surface area contributed by atoms with Gasteiger partial charge in [-0.3, -0.25) is 4.79 Å². The predicted octanol–water partition coefficient (Wildman–Crippen LogP) is -0.548. The van der Waals surface area contributed by atoms with Crippen LogP contribution in [0, 0.1) is 18.8 Å². The van der Waals surface area contributed by atoms with E-state index in [0.29, 0.717) is 5.57 Å². The lowest BCUT2D eigenvalue weighted by Crippen LogP contribution is -2.64. The average Bonchev–Trinajstić information content (AvgIpc) is 3.10. The Labute approximate surface area is 148 Å². The molecule has 4 atom stereocenters. The number of hydrogen-bond donors (Lipinski definition) is 1. The molecule has 0 aliphatic carbocycles. The molecule has 1 N–H and O–H groups in total. The molecule has 2 aromatic rings. The zero-order chi connectivity index (χ0) is 18.2. The van der Waals surface area contributed by atoms with Gasteiger partial charge in [-0.2, -0.15) is 4.40 Å². The molecule has 25 heavy (non-hydrogen) atoms. The van der Waals surface area contributed by atoms with E-state index in [1.165, 1.54) is 16.2 Å². The van der Waals surface area contributed by atoms with Crippen LogP contribution in [-0.2, 0) is 16.6 Å². The Morgan fingerprint density at radius 1 is 1.48 bits per heavy atom. The maximum absolute atomic E-state index is 12.4. The smallest absolute Gasteiger partial charge is 0.258 e. The molecule has 2 aliphatic heterocycles. The van der Waals surface area contributed by atoms with Crippen LogP contribution in [0.5, 0.6) is 0 Å². The molecule has 0 radical (unpaired) electrons. The molecule has 8 heteroatoms. The normalized spacial score (nSPS) is 27.0. The summed E-state index contributed by atoms with van der Waals surface area (Å²) in [6.45, 7) is 5.46. The van der Waals surface area contributed by atoms with E-state index < -0.39 is 18.0 Å². The van der Waals surface area contributed by atoms with E-state index in [0.717, 1.165) is 15.5 Å². The van der Waals surface area contributed by atoms with Crippen molar-refractivity contribution in [1.82, 2.24) is 9.47 Å². The number of β-lactam (4-membered cyclic amide) rings is 1. The first-order valence-corrected chi connectivity index (χ1v) is 8.99. The van der Waals surface area contributed by atoms with Gasteiger partial charge >= 0.3 is 0 Å². The minimum Gasteiger partial charge on any atom is -0.543 e. The van der Waals surface area contributed by atoms with Gasteiger partial charge in [0.2, 0.25) is 10.7 Å². The molecule has 4 rings (SSSR count). The lowest BCUT2D eigenvalue weighted by Gasteiger charge is -2.47. The van der Waals surface area contributed by atoms with Gasteiger partial charge in [0.15, 0.2) is 0 Å². The predicted molar refractivity (Wildman–Crippen MR) is 88.1 cm³/mol. The summed E-state index contributed by atoms with van der Waals surface area (Å²) in [4.78, 5) is 27.3. The van der Waals surface area contributed by atoms with Crippen LogP contribution in [0.15, 0.2) is 18.1 Å². The highest BCUT2D eigenvalue weighted by Crippen LogP contribution is 2.50. The van der Waals surface area contributed by atoms with E-state index in [-0.39, 0.29) is 23.6 Å². The fourth-order valence-electron chi connectivity index (χ4n) is 4.15. The van der Waals surface area contributed by atoms with Crippen molar-refractivity contribution in [3.05, 3.63) is 28.8 Å². The Morgan fingerprint density at radius 2 is 2.16 bits per heavy atom. The molecule has 132 valence electrons. The number of carbonyl (C=O) groups excluding carboxylic acids is 2. The molecule has 0 aromatic carbocycles. The summed E-state index contributed by atoms with van der Waals surface area (Å²) in [6.07, 6.45) is 3.10. The van der Waals surface area contributed by atoms with Crippen LogP contribution in [0.1, 0.15) is 24.5 Å². The maximum Gasteiger partial charge on any atom is 0.258 e. The van der Waals surface area contributed by atoms with E-state index in [1.54, 1.807) is 6.92 Å². The number of carbonyl (C=O) groups is 2. The third-order valence-corrected chi connectivity index (χ3v) is 6.55. The van der Waals surface area contributed by atoms with E-state index in [1.807, 2.05) is 42.3 Å². The van der Waals surface area contributed by atoms with Crippen molar-refractivity contribution in [2.75, 3.05) is 0 Å². The number of hydrogen-bond acceptors (Lipinski definition) is 5. The Balaban J connectivity index is 1.86. The molecule has 4 heterocycles. The molecule has 1 fully saturated rings. The van der Waals surface area contributed by atoms with Crippen molar-refractivity contribution in [2.24, 2.45) is 18.9 Å². The third-order valence-electron chi connectivity index (χ3n) is 5.49. The highest BCUT2D eigenvalue weighted by molar-refractivity contribution is 7.17. The number of amides is 1. The molecule has 0 bridgehead atoms. The van der Waals surface area contributed by atoms with Crippen LogP contribution in [0.3, 0.4) is 0 Å². The number of carboxylic acid groups (broad SMARTS) is 1. The van der Waals surface area contributed by atoms with Crippen LogP contribution in [0.25, 0.3) is 10.4 Å². The molecular weight excluding hydrogens is 342 g/mol. The molecule has 0 unspecified atom stereocenters. The van der Waals surface area contributed by atoms with Crippen molar-refractivity contribution in [3.8, 4) is 0 Å². The summed E-state index contributed by atoms with van der Waals surface area (Å²) in [7, 11) is 1.95. The summed E-state index contributed by atoms with van der Waals surface area (Å²) in [5.74, 6) is -1.40. The zero-order valence-electron chi connectivity index (χ0n) is 14.4. The fraction of sp³-hybridized carbons (Fsp3) is 0.471. The Bertz CT molecular complexity index is 955. The maximum atomic E-state index is 12.4. The minimum absolute atomic E-state index is 0.0501. The van der Waals surface area contributed by atoms with E-state index in [9.17, 15) is 19.8 Å². The van der Waals surface area contributed by atoms with Crippen molar-refractivity contribution in [1.29, 1.82) is 0 Å².